The minimum atomic E-state index is -1.57. The zero-order chi connectivity index (χ0) is 14.0. The van der Waals surface area contributed by atoms with Crippen LogP contribution in [0.5, 0.6) is 5.75 Å². The molecule has 0 aliphatic carbocycles. The lowest BCUT2D eigenvalue weighted by molar-refractivity contribution is 0.415. The molecule has 0 saturated heterocycles. The summed E-state index contributed by atoms with van der Waals surface area (Å²) in [5.74, 6) is 2.03. The van der Waals surface area contributed by atoms with E-state index in [-0.39, 0.29) is 0 Å². The van der Waals surface area contributed by atoms with Gasteiger partial charge in [-0.05, 0) is 31.2 Å². The predicted octanol–water partition coefficient (Wildman–Crippen LogP) is 3.16. The molecule has 0 saturated carbocycles. The molecule has 1 atom stereocenters. The summed E-state index contributed by atoms with van der Waals surface area (Å²) in [6.45, 7) is 1.79. The number of ether oxygens (including phenoxy) is 1. The van der Waals surface area contributed by atoms with Crippen LogP contribution in [0.1, 0.15) is 12.5 Å². The van der Waals surface area contributed by atoms with E-state index in [2.05, 4.69) is 15.3 Å². The van der Waals surface area contributed by atoms with Gasteiger partial charge in [0.15, 0.2) is 6.17 Å². The molecule has 1 heterocycles. The van der Waals surface area contributed by atoms with Gasteiger partial charge in [0.2, 0.25) is 3.79 Å². The van der Waals surface area contributed by atoms with Crippen LogP contribution in [0.3, 0.4) is 0 Å². The fraction of sp³-hybridized carbons (Fsp3) is 0.333. The summed E-state index contributed by atoms with van der Waals surface area (Å²) in [6.07, 6.45) is -0.754. The van der Waals surface area contributed by atoms with Crippen molar-refractivity contribution in [2.24, 2.45) is 9.98 Å². The molecule has 1 aromatic rings. The number of nitrogens with one attached hydrogen (secondary N) is 1. The Morgan fingerprint density at radius 2 is 1.79 bits per heavy atom. The average Bonchev–Trinajstić information content (AvgIpc) is 2.37. The van der Waals surface area contributed by atoms with Crippen LogP contribution in [0.4, 0.5) is 0 Å². The second kappa shape index (κ2) is 5.57. The molecule has 0 unspecified atom stereocenters. The minimum Gasteiger partial charge on any atom is -0.497 e. The third kappa shape index (κ3) is 3.53. The van der Waals surface area contributed by atoms with Gasteiger partial charge in [-0.25, -0.2) is 9.98 Å². The zero-order valence-electron chi connectivity index (χ0n) is 10.3. The van der Waals surface area contributed by atoms with Crippen molar-refractivity contribution >= 4 is 46.5 Å². The predicted molar refractivity (Wildman–Crippen MR) is 79.9 cm³/mol. The lowest BCUT2D eigenvalue weighted by Crippen LogP contribution is -2.39. The summed E-state index contributed by atoms with van der Waals surface area (Å²) in [6, 6.07) is 7.42. The number of aliphatic imine (C=N–C) groups is 2. The fourth-order valence-electron chi connectivity index (χ4n) is 1.61. The quantitative estimate of drug-likeness (QED) is 0.851. The lowest BCUT2D eigenvalue weighted by atomic mass is 10.2. The number of amidine groups is 2. The Bertz CT molecular complexity index is 520. The molecule has 0 bridgehead atoms. The van der Waals surface area contributed by atoms with Gasteiger partial charge in [0, 0.05) is 5.56 Å². The van der Waals surface area contributed by atoms with Crippen LogP contribution in [0.25, 0.3) is 0 Å². The van der Waals surface area contributed by atoms with Crippen molar-refractivity contribution in [3.8, 4) is 5.75 Å². The Morgan fingerprint density at radius 1 is 1.16 bits per heavy atom. The maximum absolute atomic E-state index is 5.85. The van der Waals surface area contributed by atoms with Crippen molar-refractivity contribution in [2.45, 2.75) is 16.9 Å². The third-order valence-corrected chi connectivity index (χ3v) is 3.11. The molecule has 1 N–H and O–H groups in total. The zero-order valence-corrected chi connectivity index (χ0v) is 12.6. The van der Waals surface area contributed by atoms with Crippen molar-refractivity contribution in [2.75, 3.05) is 7.11 Å². The second-order valence-electron chi connectivity index (χ2n) is 3.96. The van der Waals surface area contributed by atoms with Gasteiger partial charge in [-0.2, -0.15) is 0 Å². The van der Waals surface area contributed by atoms with Gasteiger partial charge < -0.3 is 10.1 Å². The summed E-state index contributed by atoms with van der Waals surface area (Å²) in [4.78, 5) is 8.47. The Balaban J connectivity index is 2.30. The highest BCUT2D eigenvalue weighted by Gasteiger charge is 2.34. The average molecular weight is 321 g/mol. The van der Waals surface area contributed by atoms with E-state index >= 15 is 0 Å². The topological polar surface area (TPSA) is 46.0 Å². The van der Waals surface area contributed by atoms with E-state index in [4.69, 9.17) is 39.5 Å². The van der Waals surface area contributed by atoms with Crippen molar-refractivity contribution in [1.82, 2.24) is 5.32 Å². The second-order valence-corrected chi connectivity index (χ2v) is 6.33. The summed E-state index contributed by atoms with van der Waals surface area (Å²) < 4.78 is 3.54. The molecule has 1 aliphatic heterocycles. The van der Waals surface area contributed by atoms with Crippen LogP contribution in [-0.2, 0) is 0 Å². The maximum atomic E-state index is 5.85. The fourth-order valence-corrected chi connectivity index (χ4v) is 1.91. The van der Waals surface area contributed by atoms with E-state index < -0.39 is 9.96 Å². The standard InChI is InChI=1S/C12H12Cl3N3O/c1-7-16-10(18-11(17-7)12(13,14)15)8-3-5-9(19-2)6-4-8/h3-6,11H,1-2H3,(H,16,17,18)/t11-/m1/s1. The monoisotopic (exact) mass is 319 g/mol. The SMILES string of the molecule is COc1ccc(C2=N[C@H](C(Cl)(Cl)Cl)N=C(C)N2)cc1. The van der Waals surface area contributed by atoms with Gasteiger partial charge in [-0.3, -0.25) is 0 Å². The largest absolute Gasteiger partial charge is 0.497 e. The van der Waals surface area contributed by atoms with E-state index in [1.54, 1.807) is 14.0 Å². The first-order valence-corrected chi connectivity index (χ1v) is 6.64. The highest BCUT2D eigenvalue weighted by molar-refractivity contribution is 6.68. The van der Waals surface area contributed by atoms with Crippen molar-refractivity contribution < 1.29 is 4.74 Å². The van der Waals surface area contributed by atoms with Crippen LogP contribution >= 0.6 is 34.8 Å². The van der Waals surface area contributed by atoms with Crippen molar-refractivity contribution in [3.63, 3.8) is 0 Å². The van der Waals surface area contributed by atoms with E-state index in [1.165, 1.54) is 0 Å². The normalized spacial score (nSPS) is 19.3. The molecular weight excluding hydrogens is 309 g/mol. The smallest absolute Gasteiger partial charge is 0.232 e. The van der Waals surface area contributed by atoms with Crippen molar-refractivity contribution in [1.29, 1.82) is 0 Å². The number of halogens is 3. The van der Waals surface area contributed by atoms with Crippen LogP contribution < -0.4 is 10.1 Å². The molecule has 0 fully saturated rings. The Kier molecular flexibility index (Phi) is 4.23. The van der Waals surface area contributed by atoms with Gasteiger partial charge >= 0.3 is 0 Å². The highest BCUT2D eigenvalue weighted by atomic mass is 35.6. The van der Waals surface area contributed by atoms with Crippen molar-refractivity contribution in [3.05, 3.63) is 29.8 Å². The first kappa shape index (κ1) is 14.4. The molecule has 0 amide bonds. The number of alkyl halides is 3. The molecule has 4 nitrogen and oxygen atoms in total. The Morgan fingerprint density at radius 3 is 2.32 bits per heavy atom. The summed E-state index contributed by atoms with van der Waals surface area (Å²) in [7, 11) is 1.61. The lowest BCUT2D eigenvalue weighted by Gasteiger charge is -2.24. The van der Waals surface area contributed by atoms with Crippen LogP contribution in [0.15, 0.2) is 34.3 Å². The van der Waals surface area contributed by atoms with E-state index in [1.807, 2.05) is 24.3 Å². The van der Waals surface area contributed by atoms with Crippen LogP contribution in [0, 0.1) is 0 Å². The van der Waals surface area contributed by atoms with E-state index in [0.717, 1.165) is 11.3 Å². The first-order chi connectivity index (χ1) is 8.90. The maximum Gasteiger partial charge on any atom is 0.232 e. The molecule has 102 valence electrons. The summed E-state index contributed by atoms with van der Waals surface area (Å²) >= 11 is 17.5. The molecule has 0 aromatic heterocycles. The number of methoxy groups -OCH3 is 1. The van der Waals surface area contributed by atoms with Gasteiger partial charge in [-0.15, -0.1) is 0 Å². The molecule has 19 heavy (non-hydrogen) atoms. The van der Waals surface area contributed by atoms with Gasteiger partial charge in [-0.1, -0.05) is 34.8 Å². The van der Waals surface area contributed by atoms with Crippen LogP contribution in [0.2, 0.25) is 0 Å². The van der Waals surface area contributed by atoms with Crippen LogP contribution in [-0.4, -0.2) is 28.7 Å². The number of hydrogen-bond acceptors (Lipinski definition) is 4. The summed E-state index contributed by atoms with van der Waals surface area (Å²) in [5, 5.41) is 3.06. The first-order valence-electron chi connectivity index (χ1n) is 5.50. The van der Waals surface area contributed by atoms with Gasteiger partial charge in [0.05, 0.1) is 7.11 Å². The summed E-state index contributed by atoms with van der Waals surface area (Å²) in [5.41, 5.74) is 0.870. The number of benzene rings is 1. The number of rotatable bonds is 2. The highest BCUT2D eigenvalue weighted by Crippen LogP contribution is 2.34. The third-order valence-electron chi connectivity index (χ3n) is 2.52. The Hall–Kier alpha value is -0.970. The molecule has 7 heteroatoms. The van der Waals surface area contributed by atoms with E-state index in [0.29, 0.717) is 11.7 Å². The van der Waals surface area contributed by atoms with Gasteiger partial charge in [0.25, 0.3) is 0 Å². The molecule has 0 radical (unpaired) electrons. The molecule has 2 rings (SSSR count). The number of hydrogen-bond donors (Lipinski definition) is 1. The number of nitrogens with zero attached hydrogens (tertiary/aromatic N) is 2. The minimum absolute atomic E-state index is 0.617. The molecule has 0 spiro atoms. The molecular formula is C12H12Cl3N3O. The van der Waals surface area contributed by atoms with E-state index in [9.17, 15) is 0 Å². The van der Waals surface area contributed by atoms with Gasteiger partial charge in [0.1, 0.15) is 17.4 Å². The Labute approximate surface area is 126 Å². The molecule has 1 aromatic carbocycles. The molecule has 1 aliphatic rings.